The van der Waals surface area contributed by atoms with Crippen molar-refractivity contribution in [2.24, 2.45) is 0 Å². The minimum atomic E-state index is -3.45. The van der Waals surface area contributed by atoms with Crippen LogP contribution < -0.4 is 10.0 Å². The van der Waals surface area contributed by atoms with Gasteiger partial charge in [0, 0.05) is 6.54 Å². The van der Waals surface area contributed by atoms with Gasteiger partial charge in [-0.05, 0) is 19.2 Å². The van der Waals surface area contributed by atoms with Crippen LogP contribution in [0.1, 0.15) is 0 Å². The fourth-order valence-corrected chi connectivity index (χ4v) is 2.05. The molecule has 0 aliphatic heterocycles. The van der Waals surface area contributed by atoms with Gasteiger partial charge in [-0.1, -0.05) is 12.1 Å². The average molecular weight is 230 g/mol. The molecule has 0 aliphatic carbocycles. The van der Waals surface area contributed by atoms with Gasteiger partial charge in [-0.15, -0.1) is 0 Å². The molecule has 0 bridgehead atoms. The van der Waals surface area contributed by atoms with E-state index in [4.69, 9.17) is 5.11 Å². The Morgan fingerprint density at radius 3 is 2.60 bits per heavy atom. The van der Waals surface area contributed by atoms with Crippen LogP contribution in [0.25, 0.3) is 0 Å². The number of aliphatic hydroxyl groups excluding tert-OH is 1. The first-order chi connectivity index (χ1) is 7.11. The normalized spacial score (nSPS) is 11.3. The third-order valence-electron chi connectivity index (χ3n) is 1.87. The van der Waals surface area contributed by atoms with E-state index in [0.29, 0.717) is 12.2 Å². The molecule has 0 radical (unpaired) electrons. The van der Waals surface area contributed by atoms with Crippen molar-refractivity contribution in [2.75, 3.05) is 25.5 Å². The molecule has 0 fully saturated rings. The van der Waals surface area contributed by atoms with Crippen molar-refractivity contribution in [3.63, 3.8) is 0 Å². The van der Waals surface area contributed by atoms with Crippen LogP contribution in [-0.4, -0.2) is 33.7 Å². The molecule has 1 rings (SSSR count). The summed E-state index contributed by atoms with van der Waals surface area (Å²) in [6.07, 6.45) is 0. The molecule has 0 saturated carbocycles. The lowest BCUT2D eigenvalue weighted by Gasteiger charge is -2.10. The molecule has 0 spiro atoms. The summed E-state index contributed by atoms with van der Waals surface area (Å²) in [4.78, 5) is 0.181. The van der Waals surface area contributed by atoms with Crippen molar-refractivity contribution >= 4 is 15.7 Å². The highest BCUT2D eigenvalue weighted by atomic mass is 32.2. The van der Waals surface area contributed by atoms with Crippen LogP contribution in [0.4, 0.5) is 5.69 Å². The number of anilines is 1. The van der Waals surface area contributed by atoms with E-state index < -0.39 is 10.0 Å². The van der Waals surface area contributed by atoms with Gasteiger partial charge in [-0.2, -0.15) is 0 Å². The Kier molecular flexibility index (Phi) is 4.07. The predicted molar refractivity (Wildman–Crippen MR) is 58.3 cm³/mol. The zero-order valence-electron chi connectivity index (χ0n) is 8.40. The van der Waals surface area contributed by atoms with Gasteiger partial charge in [-0.25, -0.2) is 13.1 Å². The van der Waals surface area contributed by atoms with Crippen LogP contribution in [0, 0.1) is 0 Å². The Labute approximate surface area is 89.2 Å². The first-order valence-electron chi connectivity index (χ1n) is 4.49. The molecule has 0 unspecified atom stereocenters. The zero-order chi connectivity index (χ0) is 11.3. The standard InChI is InChI=1S/C9H14N2O3S/c1-10-15(13,14)9-5-3-2-4-8(9)11-6-7-12/h2-5,10-12H,6-7H2,1H3. The molecule has 0 heterocycles. The Morgan fingerprint density at radius 1 is 1.33 bits per heavy atom. The minimum absolute atomic E-state index is 0.0477. The summed E-state index contributed by atoms with van der Waals surface area (Å²) < 4.78 is 25.4. The maximum atomic E-state index is 11.6. The van der Waals surface area contributed by atoms with Gasteiger partial charge < -0.3 is 10.4 Å². The summed E-state index contributed by atoms with van der Waals surface area (Å²) >= 11 is 0. The number of benzene rings is 1. The molecule has 0 amide bonds. The Hall–Kier alpha value is -1.11. The van der Waals surface area contributed by atoms with Crippen molar-refractivity contribution in [1.82, 2.24) is 4.72 Å². The molecule has 15 heavy (non-hydrogen) atoms. The Balaban J connectivity index is 3.07. The van der Waals surface area contributed by atoms with Gasteiger partial charge in [0.2, 0.25) is 10.0 Å². The number of para-hydroxylation sites is 1. The molecular formula is C9H14N2O3S. The van der Waals surface area contributed by atoms with E-state index in [0.717, 1.165) is 0 Å². The van der Waals surface area contributed by atoms with Crippen molar-refractivity contribution in [2.45, 2.75) is 4.90 Å². The lowest BCUT2D eigenvalue weighted by molar-refractivity contribution is 0.311. The molecule has 1 aromatic carbocycles. The maximum absolute atomic E-state index is 11.6. The second-order valence-corrected chi connectivity index (χ2v) is 4.71. The van der Waals surface area contributed by atoms with Gasteiger partial charge >= 0.3 is 0 Å². The summed E-state index contributed by atoms with van der Waals surface area (Å²) in [7, 11) is -2.09. The summed E-state index contributed by atoms with van der Waals surface area (Å²) in [5.41, 5.74) is 0.487. The summed E-state index contributed by atoms with van der Waals surface area (Å²) in [5, 5.41) is 11.5. The third-order valence-corrected chi connectivity index (χ3v) is 3.35. The van der Waals surface area contributed by atoms with Crippen molar-refractivity contribution in [3.05, 3.63) is 24.3 Å². The minimum Gasteiger partial charge on any atom is -0.395 e. The van der Waals surface area contributed by atoms with Gasteiger partial charge in [0.1, 0.15) is 4.90 Å². The Bertz CT molecular complexity index is 417. The fraction of sp³-hybridized carbons (Fsp3) is 0.333. The lowest BCUT2D eigenvalue weighted by atomic mass is 10.3. The fourth-order valence-electron chi connectivity index (χ4n) is 1.15. The lowest BCUT2D eigenvalue weighted by Crippen LogP contribution is -2.20. The van der Waals surface area contributed by atoms with Crippen molar-refractivity contribution in [3.8, 4) is 0 Å². The van der Waals surface area contributed by atoms with Crippen LogP contribution >= 0.6 is 0 Å². The summed E-state index contributed by atoms with van der Waals surface area (Å²) in [6.45, 7) is 0.268. The van der Waals surface area contributed by atoms with Gasteiger partial charge in [0.05, 0.1) is 12.3 Å². The predicted octanol–water partition coefficient (Wildman–Crippen LogP) is -0.00110. The molecule has 5 nitrogen and oxygen atoms in total. The number of aliphatic hydroxyl groups is 1. The molecule has 6 heteroatoms. The van der Waals surface area contributed by atoms with E-state index in [9.17, 15) is 8.42 Å². The SMILES string of the molecule is CNS(=O)(=O)c1ccccc1NCCO. The number of sulfonamides is 1. The van der Waals surface area contributed by atoms with Gasteiger partial charge in [0.15, 0.2) is 0 Å². The van der Waals surface area contributed by atoms with Crippen molar-refractivity contribution in [1.29, 1.82) is 0 Å². The molecule has 0 aliphatic rings. The summed E-state index contributed by atoms with van der Waals surface area (Å²) in [6, 6.07) is 6.54. The van der Waals surface area contributed by atoms with Crippen LogP contribution in [0.15, 0.2) is 29.2 Å². The number of hydrogen-bond acceptors (Lipinski definition) is 4. The first-order valence-corrected chi connectivity index (χ1v) is 5.97. The quantitative estimate of drug-likeness (QED) is 0.665. The molecule has 1 aromatic rings. The first kappa shape index (κ1) is 12.0. The van der Waals surface area contributed by atoms with E-state index in [1.54, 1.807) is 18.2 Å². The molecule has 3 N–H and O–H groups in total. The highest BCUT2D eigenvalue weighted by Crippen LogP contribution is 2.19. The maximum Gasteiger partial charge on any atom is 0.242 e. The number of hydrogen-bond donors (Lipinski definition) is 3. The molecule has 84 valence electrons. The smallest absolute Gasteiger partial charge is 0.242 e. The number of rotatable bonds is 5. The van der Waals surface area contributed by atoms with E-state index in [1.807, 2.05) is 0 Å². The third kappa shape index (κ3) is 2.92. The van der Waals surface area contributed by atoms with Crippen LogP contribution in [0.5, 0.6) is 0 Å². The van der Waals surface area contributed by atoms with Gasteiger partial charge in [0.25, 0.3) is 0 Å². The summed E-state index contributed by atoms with van der Waals surface area (Å²) in [5.74, 6) is 0. The van der Waals surface area contributed by atoms with E-state index in [-0.39, 0.29) is 11.5 Å². The second-order valence-electron chi connectivity index (χ2n) is 2.85. The molecule has 0 saturated heterocycles. The largest absolute Gasteiger partial charge is 0.395 e. The van der Waals surface area contributed by atoms with Crippen LogP contribution in [0.2, 0.25) is 0 Å². The van der Waals surface area contributed by atoms with E-state index >= 15 is 0 Å². The average Bonchev–Trinajstić information content (AvgIpc) is 2.26. The Morgan fingerprint density at radius 2 is 2.00 bits per heavy atom. The van der Waals surface area contributed by atoms with Crippen LogP contribution in [0.3, 0.4) is 0 Å². The highest BCUT2D eigenvalue weighted by Gasteiger charge is 2.15. The van der Waals surface area contributed by atoms with Crippen molar-refractivity contribution < 1.29 is 13.5 Å². The highest BCUT2D eigenvalue weighted by molar-refractivity contribution is 7.89. The van der Waals surface area contributed by atoms with Gasteiger partial charge in [-0.3, -0.25) is 0 Å². The number of nitrogens with one attached hydrogen (secondary N) is 2. The van der Waals surface area contributed by atoms with E-state index in [1.165, 1.54) is 13.1 Å². The monoisotopic (exact) mass is 230 g/mol. The zero-order valence-corrected chi connectivity index (χ0v) is 9.21. The molecule has 0 atom stereocenters. The molecule has 0 aromatic heterocycles. The van der Waals surface area contributed by atoms with E-state index in [2.05, 4.69) is 10.0 Å². The topological polar surface area (TPSA) is 78.4 Å². The second kappa shape index (κ2) is 5.11. The molecular weight excluding hydrogens is 216 g/mol. The van der Waals surface area contributed by atoms with Crippen LogP contribution in [-0.2, 0) is 10.0 Å².